The fraction of sp³-hybridized carbons (Fsp3) is 0.500. The zero-order valence-electron chi connectivity index (χ0n) is 37.4. The van der Waals surface area contributed by atoms with Crippen LogP contribution in [0.3, 0.4) is 0 Å². The maximum absolute atomic E-state index is 10.7. The van der Waals surface area contributed by atoms with Crippen molar-refractivity contribution in [1.29, 1.82) is 0 Å². The Balaban J connectivity index is 0.00000363. The molecule has 8 rings (SSSR count). The molecule has 10 nitrogen and oxygen atoms in total. The summed E-state index contributed by atoms with van der Waals surface area (Å²) in [6, 6.07) is 21.5. The topological polar surface area (TPSA) is 98.8 Å². The molecule has 0 N–H and O–H groups in total. The van der Waals surface area contributed by atoms with E-state index in [4.69, 9.17) is 28.4 Å². The molecule has 4 aromatic carbocycles. The summed E-state index contributed by atoms with van der Waals surface area (Å²) in [5, 5.41) is 10.7. The first kappa shape index (κ1) is 49.1. The van der Waals surface area contributed by atoms with Crippen molar-refractivity contribution in [3.63, 3.8) is 0 Å². The van der Waals surface area contributed by atoms with Crippen molar-refractivity contribution in [3.8, 4) is 46.0 Å². The van der Waals surface area contributed by atoms with Crippen molar-refractivity contribution >= 4 is 39.9 Å². The molecule has 4 aliphatic rings. The third kappa shape index (κ3) is 11.2. The van der Waals surface area contributed by atoms with Crippen LogP contribution in [0.25, 0.3) is 0 Å². The summed E-state index contributed by atoms with van der Waals surface area (Å²) in [6.07, 6.45) is 13.5. The monoisotopic (exact) mass is 980 g/mol. The molecular weight excluding hydrogens is 916 g/mol. The van der Waals surface area contributed by atoms with Crippen LogP contribution in [0, 0.1) is 0 Å². The highest BCUT2D eigenvalue weighted by molar-refractivity contribution is 8.93. The Labute approximate surface area is 389 Å². The SMILES string of the molecule is Br.Br.COc1ccc2cc1Oc1ccc(cc1)CC1c3cc(c(OC)cc3CC[N+]1(C)CCCCCCCCCCCC(=O)[O-])Oc1c(OC)c(OC)cc3c1C(C2)N(C)CC3. The van der Waals surface area contributed by atoms with Gasteiger partial charge in [-0.1, -0.05) is 56.7 Å². The van der Waals surface area contributed by atoms with Crippen LogP contribution < -0.4 is 33.5 Å². The number of nitrogens with zero attached hydrogens (tertiary/aromatic N) is 2. The van der Waals surface area contributed by atoms with Crippen molar-refractivity contribution in [2.75, 3.05) is 62.2 Å². The Kier molecular flexibility index (Phi) is 17.9. The molecule has 0 saturated heterocycles. The zero-order chi connectivity index (χ0) is 42.2. The van der Waals surface area contributed by atoms with Crippen LogP contribution in [0.5, 0.6) is 46.0 Å². The van der Waals surface area contributed by atoms with E-state index in [-0.39, 0.29) is 52.5 Å². The molecule has 6 bridgehead atoms. The summed E-state index contributed by atoms with van der Waals surface area (Å²) in [7, 11) is 11.4. The van der Waals surface area contributed by atoms with E-state index in [1.54, 1.807) is 28.4 Å². The molecule has 0 fully saturated rings. The Morgan fingerprint density at radius 2 is 1.34 bits per heavy atom. The van der Waals surface area contributed by atoms with E-state index < -0.39 is 5.97 Å². The van der Waals surface area contributed by atoms with Crippen molar-refractivity contribution in [2.24, 2.45) is 0 Å². The fourth-order valence-corrected chi connectivity index (χ4v) is 9.76. The average Bonchev–Trinajstić information content (AvgIpc) is 3.24. The second kappa shape index (κ2) is 22.6. The number of quaternary nitrogens is 1. The molecule has 0 spiro atoms. The lowest BCUT2D eigenvalue weighted by atomic mass is 9.85. The zero-order valence-corrected chi connectivity index (χ0v) is 40.9. The summed E-state index contributed by atoms with van der Waals surface area (Å²) < 4.78 is 38.8. The predicted octanol–water partition coefficient (Wildman–Crippen LogP) is 10.5. The van der Waals surface area contributed by atoms with Gasteiger partial charge in [-0.3, -0.25) is 4.90 Å². The largest absolute Gasteiger partial charge is 0.550 e. The van der Waals surface area contributed by atoms with Crippen LogP contribution >= 0.6 is 34.0 Å². The second-order valence-electron chi connectivity index (χ2n) is 17.2. The van der Waals surface area contributed by atoms with Crippen molar-refractivity contribution in [1.82, 2.24) is 4.90 Å². The van der Waals surface area contributed by atoms with Crippen LogP contribution in [-0.2, 0) is 30.5 Å². The molecule has 0 radical (unpaired) electrons. The molecule has 0 aromatic heterocycles. The molecule has 0 amide bonds. The number of fused-ring (bicyclic) bond motifs is 2. The Morgan fingerprint density at radius 3 is 2.00 bits per heavy atom. The molecule has 3 atom stereocenters. The molecule has 0 aliphatic carbocycles. The van der Waals surface area contributed by atoms with Crippen LogP contribution in [0.2, 0.25) is 0 Å². The Bertz CT molecular complexity index is 2110. The first-order chi connectivity index (χ1) is 29.1. The van der Waals surface area contributed by atoms with Crippen molar-refractivity contribution < 1.29 is 42.8 Å². The number of carbonyl (C=O) groups excluding carboxylic acids is 1. The molecule has 12 heteroatoms. The first-order valence-electron chi connectivity index (χ1n) is 22.0. The van der Waals surface area contributed by atoms with Gasteiger partial charge in [0.15, 0.2) is 34.5 Å². The first-order valence-corrected chi connectivity index (χ1v) is 22.0. The molecule has 4 aromatic rings. The molecule has 3 unspecified atom stereocenters. The minimum absolute atomic E-state index is 0. The number of hydrogen-bond donors (Lipinski definition) is 0. The molecular formula is C50H66Br2N2O8. The van der Waals surface area contributed by atoms with E-state index in [1.807, 2.05) is 6.07 Å². The molecule has 338 valence electrons. The van der Waals surface area contributed by atoms with E-state index in [2.05, 4.69) is 73.6 Å². The standard InChI is InChI=1S/C50H64N2O8.2BrH/c1-51-25-23-37-32-46(57-5)49(58-6)50-48(37)40(51)28-35-19-22-42(55-3)44(30-35)59-38-20-17-34(18-21-38)29-41-39-33-45(60-50)43(56-4)31-36(39)24-27-52(41,2)26-15-13-11-9-7-8-10-12-14-16-47(53)54;;/h17-22,30-33,40-41H,7-16,23-29H2,1-6H3;2*1H. The number of rotatable bonds is 16. The summed E-state index contributed by atoms with van der Waals surface area (Å²) in [5.74, 6) is 4.45. The van der Waals surface area contributed by atoms with Gasteiger partial charge < -0.3 is 42.8 Å². The van der Waals surface area contributed by atoms with E-state index in [0.717, 1.165) is 85.9 Å². The predicted molar refractivity (Wildman–Crippen MR) is 253 cm³/mol. The van der Waals surface area contributed by atoms with Crippen molar-refractivity contribution in [3.05, 3.63) is 94.0 Å². The summed E-state index contributed by atoms with van der Waals surface area (Å²) >= 11 is 0. The summed E-state index contributed by atoms with van der Waals surface area (Å²) in [5.41, 5.74) is 7.22. The minimum atomic E-state index is -0.941. The minimum Gasteiger partial charge on any atom is -0.550 e. The third-order valence-corrected chi connectivity index (χ3v) is 13.3. The van der Waals surface area contributed by atoms with Gasteiger partial charge in [0.25, 0.3) is 0 Å². The molecule has 4 aliphatic heterocycles. The highest BCUT2D eigenvalue weighted by Crippen LogP contribution is 2.52. The van der Waals surface area contributed by atoms with E-state index >= 15 is 0 Å². The van der Waals surface area contributed by atoms with Crippen LogP contribution in [0.15, 0.2) is 60.7 Å². The number of methoxy groups -OCH3 is 4. The lowest BCUT2D eigenvalue weighted by Gasteiger charge is -2.46. The van der Waals surface area contributed by atoms with Gasteiger partial charge in [-0.15, -0.1) is 34.0 Å². The number of hydrogen-bond acceptors (Lipinski definition) is 9. The number of aliphatic carboxylic acids is 1. The van der Waals surface area contributed by atoms with Gasteiger partial charge >= 0.3 is 0 Å². The number of benzene rings is 4. The van der Waals surface area contributed by atoms with Crippen LogP contribution in [0.4, 0.5) is 0 Å². The van der Waals surface area contributed by atoms with Crippen LogP contribution in [-0.4, -0.2) is 77.5 Å². The molecule has 4 heterocycles. The van der Waals surface area contributed by atoms with Gasteiger partial charge in [0.2, 0.25) is 5.75 Å². The lowest BCUT2D eigenvalue weighted by molar-refractivity contribution is -0.941. The summed E-state index contributed by atoms with van der Waals surface area (Å²) in [6.45, 7) is 3.00. The lowest BCUT2D eigenvalue weighted by Crippen LogP contribution is -2.52. The highest BCUT2D eigenvalue weighted by atomic mass is 79.9. The van der Waals surface area contributed by atoms with Crippen LogP contribution in [0.1, 0.15) is 110 Å². The number of carbonyl (C=O) groups is 1. The van der Waals surface area contributed by atoms with Gasteiger partial charge in [0, 0.05) is 42.5 Å². The second-order valence-corrected chi connectivity index (χ2v) is 17.2. The Hall–Kier alpha value is -3.97. The number of carboxylic acids is 1. The third-order valence-electron chi connectivity index (χ3n) is 13.3. The van der Waals surface area contributed by atoms with Gasteiger partial charge in [-0.05, 0) is 110 Å². The van der Waals surface area contributed by atoms with Gasteiger partial charge in [-0.2, -0.15) is 0 Å². The quantitative estimate of drug-likeness (QED) is 0.0803. The van der Waals surface area contributed by atoms with E-state index in [0.29, 0.717) is 46.7 Å². The fourth-order valence-electron chi connectivity index (χ4n) is 9.76. The average molecular weight is 983 g/mol. The van der Waals surface area contributed by atoms with Crippen molar-refractivity contribution in [2.45, 2.75) is 102 Å². The van der Waals surface area contributed by atoms with Gasteiger partial charge in [0.1, 0.15) is 11.8 Å². The number of unbranched alkanes of at least 4 members (excludes halogenated alkanes) is 8. The van der Waals surface area contributed by atoms with E-state index in [9.17, 15) is 9.90 Å². The maximum Gasteiger partial charge on any atom is 0.204 e. The molecule has 62 heavy (non-hydrogen) atoms. The Morgan fingerprint density at radius 1 is 0.710 bits per heavy atom. The number of likely N-dealkylation sites (N-methyl/N-ethyl adjacent to an activating group) is 2. The summed E-state index contributed by atoms with van der Waals surface area (Å²) in [4.78, 5) is 13.1. The van der Waals surface area contributed by atoms with Gasteiger partial charge in [-0.25, -0.2) is 0 Å². The number of ether oxygens (including phenoxy) is 6. The highest BCUT2D eigenvalue weighted by Gasteiger charge is 2.40. The molecule has 0 saturated carbocycles. The smallest absolute Gasteiger partial charge is 0.204 e. The number of halogens is 2. The van der Waals surface area contributed by atoms with Gasteiger partial charge in [0.05, 0.1) is 48.6 Å². The van der Waals surface area contributed by atoms with E-state index in [1.165, 1.54) is 54.4 Å². The normalized spacial score (nSPS) is 18.9. The maximum atomic E-state index is 10.7. The number of carboxylic acid groups (broad SMARTS) is 1.